The number of fused-ring (bicyclic) bond motifs is 1. The van der Waals surface area contributed by atoms with E-state index in [1.807, 2.05) is 37.3 Å². The Labute approximate surface area is 260 Å². The number of benzene rings is 1. The SMILES string of the molecule is C=CCCC(=O)NC[C@H](C)OC(=O)[C@@H]1[C@@H]2CC[C@]3(O2)[C@H](C(=O)N(CC=C)C(C)CCC)N([C@H](CO)c2ccccc2)C(=O)[C@@H]13. The Hall–Kier alpha value is -3.50. The quantitative estimate of drug-likeness (QED) is 0.218. The molecule has 3 aliphatic rings. The minimum Gasteiger partial charge on any atom is -0.460 e. The number of nitrogens with zero attached hydrogens (tertiary/aromatic N) is 2. The number of likely N-dealkylation sites (tertiary alicyclic amines) is 1. The van der Waals surface area contributed by atoms with Gasteiger partial charge in [0.2, 0.25) is 17.7 Å². The van der Waals surface area contributed by atoms with Crippen molar-refractivity contribution in [3.63, 3.8) is 0 Å². The fourth-order valence-electron chi connectivity index (χ4n) is 7.26. The van der Waals surface area contributed by atoms with E-state index in [1.165, 1.54) is 4.90 Å². The van der Waals surface area contributed by atoms with E-state index in [1.54, 1.807) is 24.0 Å². The van der Waals surface area contributed by atoms with Gasteiger partial charge in [0.25, 0.3) is 0 Å². The number of allylic oxidation sites excluding steroid dienone is 1. The first-order valence-corrected chi connectivity index (χ1v) is 15.8. The molecule has 2 N–H and O–H groups in total. The monoisotopic (exact) mass is 609 g/mol. The lowest BCUT2D eigenvalue weighted by atomic mass is 9.70. The first-order chi connectivity index (χ1) is 21.1. The first-order valence-electron chi connectivity index (χ1n) is 15.8. The molecule has 2 bridgehead atoms. The van der Waals surface area contributed by atoms with Crippen LogP contribution in [0, 0.1) is 11.8 Å². The third-order valence-corrected chi connectivity index (χ3v) is 9.26. The lowest BCUT2D eigenvalue weighted by Gasteiger charge is -2.41. The molecule has 1 aromatic rings. The van der Waals surface area contributed by atoms with Crippen molar-refractivity contribution >= 4 is 23.7 Å². The Balaban J connectivity index is 1.68. The zero-order valence-corrected chi connectivity index (χ0v) is 26.2. The predicted molar refractivity (Wildman–Crippen MR) is 165 cm³/mol. The summed E-state index contributed by atoms with van der Waals surface area (Å²) >= 11 is 0. The molecule has 0 aliphatic carbocycles. The van der Waals surface area contributed by atoms with Crippen LogP contribution in [-0.4, -0.2) is 88.2 Å². The zero-order valence-electron chi connectivity index (χ0n) is 26.2. The molecule has 3 saturated heterocycles. The van der Waals surface area contributed by atoms with E-state index >= 15 is 0 Å². The third kappa shape index (κ3) is 6.33. The van der Waals surface area contributed by atoms with Crippen molar-refractivity contribution in [1.29, 1.82) is 0 Å². The second kappa shape index (κ2) is 14.5. The largest absolute Gasteiger partial charge is 0.460 e. The molecule has 10 heteroatoms. The highest BCUT2D eigenvalue weighted by Crippen LogP contribution is 2.60. The van der Waals surface area contributed by atoms with E-state index in [0.717, 1.165) is 12.8 Å². The van der Waals surface area contributed by atoms with Crippen LogP contribution in [-0.2, 0) is 28.7 Å². The van der Waals surface area contributed by atoms with Gasteiger partial charge in [-0.05, 0) is 45.1 Å². The average molecular weight is 610 g/mol. The van der Waals surface area contributed by atoms with E-state index in [-0.39, 0.29) is 24.4 Å². The molecule has 1 aromatic carbocycles. The number of ether oxygens (including phenoxy) is 2. The van der Waals surface area contributed by atoms with Crippen molar-refractivity contribution in [3.05, 3.63) is 61.2 Å². The normalized spacial score (nSPS) is 27.3. The molecule has 3 heterocycles. The fraction of sp³-hybridized carbons (Fsp3) is 0.588. The van der Waals surface area contributed by atoms with Gasteiger partial charge in [-0.1, -0.05) is 55.8 Å². The van der Waals surface area contributed by atoms with Gasteiger partial charge in [-0.15, -0.1) is 13.2 Å². The predicted octanol–water partition coefficient (Wildman–Crippen LogP) is 3.31. The van der Waals surface area contributed by atoms with Crippen molar-refractivity contribution in [3.8, 4) is 0 Å². The number of nitrogens with one attached hydrogen (secondary N) is 1. The van der Waals surface area contributed by atoms with E-state index in [2.05, 4.69) is 25.4 Å². The summed E-state index contributed by atoms with van der Waals surface area (Å²) in [6.07, 6.45) is 5.51. The average Bonchev–Trinajstić information content (AvgIpc) is 3.66. The van der Waals surface area contributed by atoms with Gasteiger partial charge in [0.05, 0.1) is 37.1 Å². The molecular weight excluding hydrogens is 562 g/mol. The molecule has 0 saturated carbocycles. The molecule has 240 valence electrons. The van der Waals surface area contributed by atoms with Crippen molar-refractivity contribution in [2.24, 2.45) is 11.8 Å². The van der Waals surface area contributed by atoms with Crippen LogP contribution in [0.4, 0.5) is 0 Å². The van der Waals surface area contributed by atoms with Crippen LogP contribution in [0.5, 0.6) is 0 Å². The van der Waals surface area contributed by atoms with Gasteiger partial charge in [0, 0.05) is 19.0 Å². The summed E-state index contributed by atoms with van der Waals surface area (Å²) in [7, 11) is 0. The summed E-state index contributed by atoms with van der Waals surface area (Å²) in [4.78, 5) is 58.1. The molecule has 3 amide bonds. The number of hydrogen-bond donors (Lipinski definition) is 2. The maximum absolute atomic E-state index is 14.6. The van der Waals surface area contributed by atoms with Crippen LogP contribution in [0.25, 0.3) is 0 Å². The molecule has 8 atom stereocenters. The highest BCUT2D eigenvalue weighted by atomic mass is 16.6. The second-order valence-corrected chi connectivity index (χ2v) is 12.2. The number of aliphatic hydroxyl groups is 1. The molecule has 44 heavy (non-hydrogen) atoms. The Morgan fingerprint density at radius 2 is 1.95 bits per heavy atom. The number of carbonyl (C=O) groups is 4. The Morgan fingerprint density at radius 1 is 1.23 bits per heavy atom. The van der Waals surface area contributed by atoms with Crippen molar-refractivity contribution in [2.75, 3.05) is 19.7 Å². The molecule has 0 aromatic heterocycles. The number of aliphatic hydroxyl groups excluding tert-OH is 1. The van der Waals surface area contributed by atoms with Crippen molar-refractivity contribution < 1.29 is 33.8 Å². The number of carbonyl (C=O) groups excluding carboxylic acids is 4. The molecule has 4 rings (SSSR count). The van der Waals surface area contributed by atoms with Gasteiger partial charge in [-0.3, -0.25) is 19.2 Å². The Morgan fingerprint density at radius 3 is 2.59 bits per heavy atom. The van der Waals surface area contributed by atoms with Crippen LogP contribution in [0.3, 0.4) is 0 Å². The zero-order chi connectivity index (χ0) is 32.0. The van der Waals surface area contributed by atoms with E-state index in [4.69, 9.17) is 9.47 Å². The molecular formula is C34H47N3O7. The molecule has 1 spiro atoms. The Bertz CT molecular complexity index is 1220. The summed E-state index contributed by atoms with van der Waals surface area (Å²) in [5.74, 6) is -3.29. The van der Waals surface area contributed by atoms with Gasteiger partial charge in [0.1, 0.15) is 17.7 Å². The smallest absolute Gasteiger partial charge is 0.312 e. The van der Waals surface area contributed by atoms with Gasteiger partial charge >= 0.3 is 5.97 Å². The maximum Gasteiger partial charge on any atom is 0.312 e. The van der Waals surface area contributed by atoms with Gasteiger partial charge in [0.15, 0.2) is 0 Å². The lowest BCUT2D eigenvalue weighted by molar-refractivity contribution is -0.160. The molecule has 0 radical (unpaired) electrons. The number of hydrogen-bond acceptors (Lipinski definition) is 7. The highest BCUT2D eigenvalue weighted by Gasteiger charge is 2.75. The summed E-state index contributed by atoms with van der Waals surface area (Å²) in [6, 6.07) is 7.15. The van der Waals surface area contributed by atoms with Crippen molar-refractivity contribution in [2.45, 2.75) is 95.2 Å². The molecule has 3 aliphatic heterocycles. The van der Waals surface area contributed by atoms with E-state index in [9.17, 15) is 24.3 Å². The van der Waals surface area contributed by atoms with Crippen LogP contribution < -0.4 is 5.32 Å². The van der Waals surface area contributed by atoms with Gasteiger partial charge in [-0.2, -0.15) is 0 Å². The summed E-state index contributed by atoms with van der Waals surface area (Å²) in [5.41, 5.74) is -0.554. The van der Waals surface area contributed by atoms with E-state index in [0.29, 0.717) is 37.8 Å². The lowest BCUT2D eigenvalue weighted by Crippen LogP contribution is -2.58. The second-order valence-electron chi connectivity index (χ2n) is 12.2. The first kappa shape index (κ1) is 33.4. The summed E-state index contributed by atoms with van der Waals surface area (Å²) < 4.78 is 12.3. The van der Waals surface area contributed by atoms with Crippen LogP contribution >= 0.6 is 0 Å². The highest BCUT2D eigenvalue weighted by molar-refractivity contribution is 5.98. The minimum atomic E-state index is -1.24. The van der Waals surface area contributed by atoms with Gasteiger partial charge in [-0.25, -0.2) is 0 Å². The molecule has 10 nitrogen and oxygen atoms in total. The van der Waals surface area contributed by atoms with Crippen molar-refractivity contribution in [1.82, 2.24) is 15.1 Å². The van der Waals surface area contributed by atoms with E-state index < -0.39 is 60.2 Å². The summed E-state index contributed by atoms with van der Waals surface area (Å²) in [5, 5.41) is 13.4. The third-order valence-electron chi connectivity index (χ3n) is 9.26. The minimum absolute atomic E-state index is 0.121. The summed E-state index contributed by atoms with van der Waals surface area (Å²) in [6.45, 7) is 13.2. The van der Waals surface area contributed by atoms with Crippen LogP contribution in [0.1, 0.15) is 70.9 Å². The fourth-order valence-corrected chi connectivity index (χ4v) is 7.26. The topological polar surface area (TPSA) is 125 Å². The molecule has 1 unspecified atom stereocenters. The number of amides is 3. The number of rotatable bonds is 16. The van der Waals surface area contributed by atoms with Crippen LogP contribution in [0.15, 0.2) is 55.6 Å². The standard InChI is InChI=1S/C34H47N3O7/c1-6-9-16-27(39)35-20-23(5)43-33(42)28-26-17-18-34(44-26)29(28)31(40)37(25(21-38)24-14-11-10-12-15-24)30(34)32(41)36(19-8-3)22(4)13-7-2/h6,8,10-12,14-15,22-23,25-26,28-30,38H,1,3,7,9,13,16-21H2,2,4-5H3,(H,35,39)/t22?,23-,25+,26-,28+,29+,30-,34+/m0/s1. The number of esters is 1. The Kier molecular flexibility index (Phi) is 11.0. The molecule has 3 fully saturated rings. The maximum atomic E-state index is 14.6. The van der Waals surface area contributed by atoms with Crippen LogP contribution in [0.2, 0.25) is 0 Å². The van der Waals surface area contributed by atoms with Gasteiger partial charge < -0.3 is 29.7 Å².